The molecule has 1 unspecified atom stereocenters. The van der Waals surface area contributed by atoms with Crippen LogP contribution in [-0.2, 0) is 10.0 Å². The molecule has 1 aliphatic heterocycles. The first kappa shape index (κ1) is 19.9. The van der Waals surface area contributed by atoms with Crippen molar-refractivity contribution in [3.8, 4) is 0 Å². The van der Waals surface area contributed by atoms with E-state index >= 15 is 0 Å². The Kier molecular flexibility index (Phi) is 6.59. The predicted molar refractivity (Wildman–Crippen MR) is 92.2 cm³/mol. The van der Waals surface area contributed by atoms with Crippen molar-refractivity contribution in [3.05, 3.63) is 29.8 Å². The molecular formula is C15H24ClN3O3S. The average molecular weight is 362 g/mol. The van der Waals surface area contributed by atoms with Gasteiger partial charge in [0.25, 0.3) is 0 Å². The highest BCUT2D eigenvalue weighted by Gasteiger charge is 2.32. The van der Waals surface area contributed by atoms with Gasteiger partial charge in [-0.2, -0.15) is 0 Å². The Morgan fingerprint density at radius 2 is 1.96 bits per heavy atom. The number of nitrogens with two attached hydrogens (primary N) is 1. The van der Waals surface area contributed by atoms with E-state index < -0.39 is 15.9 Å². The second-order valence-electron chi connectivity index (χ2n) is 6.34. The van der Waals surface area contributed by atoms with Crippen molar-refractivity contribution < 1.29 is 13.2 Å². The summed E-state index contributed by atoms with van der Waals surface area (Å²) in [5.74, 6) is -0.579. The van der Waals surface area contributed by atoms with Crippen LogP contribution in [0, 0.1) is 5.41 Å². The van der Waals surface area contributed by atoms with E-state index in [1.807, 2.05) is 0 Å². The third-order valence-corrected chi connectivity index (χ3v) is 5.70. The summed E-state index contributed by atoms with van der Waals surface area (Å²) in [6.45, 7) is 5.52. The topological polar surface area (TPSA) is 101 Å². The summed E-state index contributed by atoms with van der Waals surface area (Å²) in [6, 6.07) is 5.71. The summed E-state index contributed by atoms with van der Waals surface area (Å²) >= 11 is 0. The average Bonchev–Trinajstić information content (AvgIpc) is 2.46. The van der Waals surface area contributed by atoms with Crippen LogP contribution in [0.3, 0.4) is 0 Å². The highest BCUT2D eigenvalue weighted by molar-refractivity contribution is 7.89. The standard InChI is InChI=1S/C15H23N3O3S.ClH/c1-15(2)8-3-9-17-13(15)10-18-22(20,21)12-6-4-11(5-7-12)14(16)19;/h4-7,13,17-18H,3,8-10H2,1-2H3,(H2,16,19);1H. The number of sulfonamides is 1. The molecule has 130 valence electrons. The number of nitrogens with one attached hydrogen (secondary N) is 2. The van der Waals surface area contributed by atoms with E-state index in [1.54, 1.807) is 0 Å². The lowest BCUT2D eigenvalue weighted by molar-refractivity contribution is 0.1000. The summed E-state index contributed by atoms with van der Waals surface area (Å²) in [5.41, 5.74) is 5.48. The van der Waals surface area contributed by atoms with Crippen molar-refractivity contribution in [1.29, 1.82) is 0 Å². The minimum Gasteiger partial charge on any atom is -0.366 e. The number of halogens is 1. The number of amides is 1. The van der Waals surface area contributed by atoms with Gasteiger partial charge in [0.2, 0.25) is 15.9 Å². The number of piperidine rings is 1. The number of carbonyl (C=O) groups excluding carboxylic acids is 1. The first-order chi connectivity index (χ1) is 10.2. The zero-order chi connectivity index (χ0) is 16.4. The SMILES string of the molecule is CC1(C)CCCNC1CNS(=O)(=O)c1ccc(C(N)=O)cc1.Cl. The van der Waals surface area contributed by atoms with Gasteiger partial charge in [-0.05, 0) is 49.1 Å². The fraction of sp³-hybridized carbons (Fsp3) is 0.533. The van der Waals surface area contributed by atoms with Crippen LogP contribution in [0.5, 0.6) is 0 Å². The molecule has 4 N–H and O–H groups in total. The molecule has 1 aliphatic rings. The van der Waals surface area contributed by atoms with E-state index in [2.05, 4.69) is 23.9 Å². The van der Waals surface area contributed by atoms with E-state index in [-0.39, 0.29) is 34.3 Å². The fourth-order valence-electron chi connectivity index (χ4n) is 2.69. The van der Waals surface area contributed by atoms with Gasteiger partial charge in [-0.15, -0.1) is 12.4 Å². The molecule has 0 bridgehead atoms. The van der Waals surface area contributed by atoms with E-state index in [0.717, 1.165) is 19.4 Å². The molecule has 2 rings (SSSR count). The van der Waals surface area contributed by atoms with Gasteiger partial charge in [-0.25, -0.2) is 13.1 Å². The quantitative estimate of drug-likeness (QED) is 0.734. The Labute approximate surface area is 143 Å². The predicted octanol–water partition coefficient (Wildman–Crippen LogP) is 1.26. The van der Waals surface area contributed by atoms with E-state index in [0.29, 0.717) is 6.54 Å². The van der Waals surface area contributed by atoms with Gasteiger partial charge in [0.05, 0.1) is 4.90 Å². The molecule has 1 amide bonds. The molecular weight excluding hydrogens is 338 g/mol. The molecule has 0 spiro atoms. The van der Waals surface area contributed by atoms with Gasteiger partial charge in [0.15, 0.2) is 0 Å². The van der Waals surface area contributed by atoms with Crippen molar-refractivity contribution in [2.45, 2.75) is 37.6 Å². The summed E-state index contributed by atoms with van der Waals surface area (Å²) in [5, 5.41) is 3.37. The third-order valence-electron chi connectivity index (χ3n) is 4.26. The van der Waals surface area contributed by atoms with Crippen LogP contribution in [0.2, 0.25) is 0 Å². The minimum absolute atomic E-state index is 0. The van der Waals surface area contributed by atoms with Crippen LogP contribution in [0.25, 0.3) is 0 Å². The molecule has 1 aromatic rings. The monoisotopic (exact) mass is 361 g/mol. The smallest absolute Gasteiger partial charge is 0.248 e. The molecule has 1 atom stereocenters. The van der Waals surface area contributed by atoms with Crippen LogP contribution >= 0.6 is 12.4 Å². The van der Waals surface area contributed by atoms with Crippen LogP contribution in [0.1, 0.15) is 37.0 Å². The molecule has 0 aromatic heterocycles. The zero-order valence-corrected chi connectivity index (χ0v) is 15.0. The number of rotatable bonds is 5. The highest BCUT2D eigenvalue weighted by Crippen LogP contribution is 2.29. The van der Waals surface area contributed by atoms with Crippen LogP contribution in [0.4, 0.5) is 0 Å². The summed E-state index contributed by atoms with van der Waals surface area (Å²) in [6.07, 6.45) is 2.17. The Morgan fingerprint density at radius 3 is 2.48 bits per heavy atom. The number of benzene rings is 1. The lowest BCUT2D eigenvalue weighted by Gasteiger charge is -2.39. The molecule has 0 saturated carbocycles. The number of primary amides is 1. The number of hydrogen-bond donors (Lipinski definition) is 3. The first-order valence-corrected chi connectivity index (χ1v) is 8.84. The van der Waals surface area contributed by atoms with Gasteiger partial charge >= 0.3 is 0 Å². The second-order valence-corrected chi connectivity index (χ2v) is 8.11. The van der Waals surface area contributed by atoms with Gasteiger partial charge in [0, 0.05) is 18.2 Å². The van der Waals surface area contributed by atoms with Crippen molar-refractivity contribution in [2.24, 2.45) is 11.1 Å². The Morgan fingerprint density at radius 1 is 1.35 bits per heavy atom. The minimum atomic E-state index is -3.59. The van der Waals surface area contributed by atoms with E-state index in [9.17, 15) is 13.2 Å². The molecule has 1 aromatic carbocycles. The van der Waals surface area contributed by atoms with E-state index in [4.69, 9.17) is 5.73 Å². The highest BCUT2D eigenvalue weighted by atomic mass is 35.5. The summed E-state index contributed by atoms with van der Waals surface area (Å²) in [4.78, 5) is 11.1. The number of carbonyl (C=O) groups is 1. The lowest BCUT2D eigenvalue weighted by Crippen LogP contribution is -2.52. The van der Waals surface area contributed by atoms with Crippen LogP contribution in [0.15, 0.2) is 29.2 Å². The number of hydrogen-bond acceptors (Lipinski definition) is 4. The van der Waals surface area contributed by atoms with Crippen LogP contribution in [-0.4, -0.2) is 33.5 Å². The van der Waals surface area contributed by atoms with Crippen molar-refractivity contribution >= 4 is 28.3 Å². The van der Waals surface area contributed by atoms with E-state index in [1.165, 1.54) is 24.3 Å². The van der Waals surface area contributed by atoms with Gasteiger partial charge in [0.1, 0.15) is 0 Å². The molecule has 0 aliphatic carbocycles. The van der Waals surface area contributed by atoms with Crippen molar-refractivity contribution in [1.82, 2.24) is 10.0 Å². The molecule has 1 saturated heterocycles. The van der Waals surface area contributed by atoms with Crippen LogP contribution < -0.4 is 15.8 Å². The Balaban J connectivity index is 0.00000264. The van der Waals surface area contributed by atoms with Crippen molar-refractivity contribution in [2.75, 3.05) is 13.1 Å². The maximum Gasteiger partial charge on any atom is 0.248 e. The largest absolute Gasteiger partial charge is 0.366 e. The first-order valence-electron chi connectivity index (χ1n) is 7.35. The normalized spacial score (nSPS) is 20.5. The molecule has 1 fully saturated rings. The maximum atomic E-state index is 12.3. The molecule has 1 heterocycles. The fourth-order valence-corrected chi connectivity index (χ4v) is 3.74. The third kappa shape index (κ3) is 4.91. The van der Waals surface area contributed by atoms with Gasteiger partial charge in [-0.3, -0.25) is 4.79 Å². The molecule has 0 radical (unpaired) electrons. The van der Waals surface area contributed by atoms with Crippen molar-refractivity contribution in [3.63, 3.8) is 0 Å². The van der Waals surface area contributed by atoms with Gasteiger partial charge < -0.3 is 11.1 Å². The lowest BCUT2D eigenvalue weighted by atomic mass is 9.78. The maximum absolute atomic E-state index is 12.3. The second kappa shape index (κ2) is 7.61. The Bertz CT molecular complexity index is 644. The van der Waals surface area contributed by atoms with Gasteiger partial charge in [-0.1, -0.05) is 13.8 Å². The molecule has 8 heteroatoms. The summed E-state index contributed by atoms with van der Waals surface area (Å²) < 4.78 is 27.3. The Hall–Kier alpha value is -1.15. The molecule has 6 nitrogen and oxygen atoms in total. The zero-order valence-electron chi connectivity index (χ0n) is 13.3. The molecule has 23 heavy (non-hydrogen) atoms. The summed E-state index contributed by atoms with van der Waals surface area (Å²) in [7, 11) is -3.59.